The van der Waals surface area contributed by atoms with E-state index in [-0.39, 0.29) is 31.4 Å². The Hall–Kier alpha value is -5.71. The molecular weight excluding hydrogens is 851 g/mol. The average molecular weight is 912 g/mol. The molecule has 16 nitrogen and oxygen atoms in total. The van der Waals surface area contributed by atoms with Crippen LogP contribution < -0.4 is 20.1 Å². The topological polar surface area (TPSA) is 204 Å². The van der Waals surface area contributed by atoms with Crippen LogP contribution >= 0.6 is 0 Å². The SMILES string of the molecule is Cc1oc(-c2cccc3c2nc(OC2CC4C(=O)NC5(C(=O)NS(=O)(=O)C6(C)CC6)CC5C=CCCCCCC(NC(=O)OC(C)(C)C)C(=O)N4C2)n3C(C)C)nc1Cc1ccccc1. The minimum Gasteiger partial charge on any atom is -0.459 e. The second-order valence-electron chi connectivity index (χ2n) is 19.6. The fraction of sp³-hybridized carbons (Fsp3) is 0.542. The molecule has 4 heterocycles. The molecule has 5 atom stereocenters. The van der Waals surface area contributed by atoms with E-state index in [0.29, 0.717) is 61.3 Å². The number of ether oxygens (including phenoxy) is 2. The van der Waals surface area contributed by atoms with E-state index in [4.69, 9.17) is 23.9 Å². The molecule has 17 heteroatoms. The third kappa shape index (κ3) is 9.66. The summed E-state index contributed by atoms with van der Waals surface area (Å²) in [6.45, 7) is 12.6. The number of rotatable bonds is 10. The number of amides is 4. The summed E-state index contributed by atoms with van der Waals surface area (Å²) >= 11 is 0. The number of benzene rings is 2. The van der Waals surface area contributed by atoms with Crippen LogP contribution in [0.5, 0.6) is 6.01 Å². The van der Waals surface area contributed by atoms with E-state index in [1.54, 1.807) is 27.7 Å². The van der Waals surface area contributed by atoms with Gasteiger partial charge in [0.25, 0.3) is 11.9 Å². The Morgan fingerprint density at radius 3 is 2.49 bits per heavy atom. The highest BCUT2D eigenvalue weighted by molar-refractivity contribution is 7.91. The maximum atomic E-state index is 14.8. The summed E-state index contributed by atoms with van der Waals surface area (Å²) in [5, 5.41) is 5.71. The van der Waals surface area contributed by atoms with Gasteiger partial charge in [-0.3, -0.25) is 23.7 Å². The van der Waals surface area contributed by atoms with Crippen molar-refractivity contribution < 1.29 is 41.5 Å². The Balaban J connectivity index is 1.12. The number of alkyl carbamates (subject to hydrolysis) is 1. The number of nitrogens with zero attached hydrogens (tertiary/aromatic N) is 4. The fourth-order valence-corrected chi connectivity index (χ4v) is 10.2. The monoisotopic (exact) mass is 911 g/mol. The maximum Gasteiger partial charge on any atom is 0.408 e. The lowest BCUT2D eigenvalue weighted by Gasteiger charge is -2.30. The van der Waals surface area contributed by atoms with Crippen molar-refractivity contribution >= 4 is 44.9 Å². The molecule has 3 N–H and O–H groups in total. The Labute approximate surface area is 380 Å². The number of sulfonamides is 1. The first kappa shape index (κ1) is 45.8. The van der Waals surface area contributed by atoms with E-state index in [9.17, 15) is 27.6 Å². The van der Waals surface area contributed by atoms with Gasteiger partial charge in [0.05, 0.1) is 28.1 Å². The van der Waals surface area contributed by atoms with E-state index < -0.39 is 73.8 Å². The van der Waals surface area contributed by atoms with Gasteiger partial charge >= 0.3 is 6.09 Å². The number of carbonyl (C=O) groups is 4. The van der Waals surface area contributed by atoms with Crippen LogP contribution in [0.25, 0.3) is 22.5 Å². The Morgan fingerprint density at radius 1 is 1.03 bits per heavy atom. The number of hydrogen-bond acceptors (Lipinski definition) is 11. The minimum absolute atomic E-state index is 0.0151. The number of allylic oxidation sites excluding steroid dienone is 1. The van der Waals surface area contributed by atoms with E-state index in [2.05, 4.69) is 15.4 Å². The van der Waals surface area contributed by atoms with Gasteiger partial charge in [0, 0.05) is 24.8 Å². The molecule has 2 aliphatic carbocycles. The van der Waals surface area contributed by atoms with Crippen molar-refractivity contribution in [1.29, 1.82) is 0 Å². The van der Waals surface area contributed by atoms with Crippen LogP contribution in [-0.4, -0.2) is 92.3 Å². The summed E-state index contributed by atoms with van der Waals surface area (Å²) in [5.74, 6) is -1.29. The van der Waals surface area contributed by atoms with Gasteiger partial charge in [-0.25, -0.2) is 18.2 Å². The van der Waals surface area contributed by atoms with Crippen molar-refractivity contribution in [2.45, 2.75) is 153 Å². The van der Waals surface area contributed by atoms with Crippen molar-refractivity contribution in [3.63, 3.8) is 0 Å². The summed E-state index contributed by atoms with van der Waals surface area (Å²) < 4.78 is 48.3. The standard InChI is InChI=1S/C48H61N7O9S/c1-29(2)55-37-22-16-20-34(41-49-36(30(3)62-41)25-31-17-12-11-13-18-31)39(37)51-44(55)63-33-26-38-40(56)52-48(43(58)53-65(60,61)47(7)23-24-47)27-32(48)19-14-9-8-10-15-21-35(42(57)54(38)28-33)50-45(59)64-46(4,5)6/h11-14,16-20,22,29,32-33,35,38H,8-10,15,21,23-28H2,1-7H3,(H,50,59)(H,52,56)(H,53,58). The molecule has 3 fully saturated rings. The van der Waals surface area contributed by atoms with Crippen LogP contribution in [-0.2, 0) is 35.6 Å². The number of fused-ring (bicyclic) bond motifs is 3. The molecule has 65 heavy (non-hydrogen) atoms. The molecule has 2 aromatic heterocycles. The normalized spacial score (nSPS) is 24.6. The summed E-state index contributed by atoms with van der Waals surface area (Å²) in [5.41, 5.74) is 1.59. The summed E-state index contributed by atoms with van der Waals surface area (Å²) in [4.78, 5) is 68.1. The van der Waals surface area contributed by atoms with Gasteiger partial charge in [-0.2, -0.15) is 4.98 Å². The van der Waals surface area contributed by atoms with Gasteiger partial charge in [0.2, 0.25) is 27.7 Å². The third-order valence-electron chi connectivity index (χ3n) is 13.0. The first-order valence-corrected chi connectivity index (χ1v) is 24.3. The molecule has 0 radical (unpaired) electrons. The number of aryl methyl sites for hydroxylation is 1. The zero-order valence-corrected chi connectivity index (χ0v) is 39.1. The summed E-state index contributed by atoms with van der Waals surface area (Å²) in [6, 6.07) is 13.7. The molecule has 0 spiro atoms. The number of para-hydroxylation sites is 1. The number of oxazole rings is 1. The predicted octanol–water partition coefficient (Wildman–Crippen LogP) is 6.81. The van der Waals surface area contributed by atoms with Crippen LogP contribution in [0.4, 0.5) is 4.79 Å². The van der Waals surface area contributed by atoms with E-state index in [1.165, 1.54) is 4.90 Å². The number of nitrogens with one attached hydrogen (secondary N) is 3. The van der Waals surface area contributed by atoms with Gasteiger partial charge in [0.15, 0.2) is 0 Å². The van der Waals surface area contributed by atoms with E-state index in [0.717, 1.165) is 29.6 Å². The van der Waals surface area contributed by atoms with Gasteiger partial charge in [0.1, 0.15) is 40.6 Å². The van der Waals surface area contributed by atoms with Gasteiger partial charge in [-0.1, -0.05) is 61.4 Å². The van der Waals surface area contributed by atoms with Gasteiger partial charge < -0.3 is 29.4 Å². The van der Waals surface area contributed by atoms with Crippen molar-refractivity contribution in [2.75, 3.05) is 6.54 Å². The first-order chi connectivity index (χ1) is 30.8. The molecule has 4 aliphatic rings. The molecule has 4 aromatic rings. The Kier molecular flexibility index (Phi) is 12.4. The number of imidazole rings is 1. The molecule has 4 amide bonds. The molecule has 1 saturated heterocycles. The van der Waals surface area contributed by atoms with Crippen molar-refractivity contribution in [3.8, 4) is 17.5 Å². The molecule has 2 aromatic carbocycles. The lowest BCUT2D eigenvalue weighted by molar-refractivity contribution is -0.141. The number of hydrogen-bond donors (Lipinski definition) is 3. The molecule has 2 aliphatic heterocycles. The highest BCUT2D eigenvalue weighted by Crippen LogP contribution is 2.48. The lowest BCUT2D eigenvalue weighted by Crippen LogP contribution is -2.58. The van der Waals surface area contributed by atoms with Crippen LogP contribution in [0.2, 0.25) is 0 Å². The summed E-state index contributed by atoms with van der Waals surface area (Å²) in [7, 11) is -4.02. The van der Waals surface area contributed by atoms with Gasteiger partial charge in [-0.15, -0.1) is 0 Å². The maximum absolute atomic E-state index is 14.8. The zero-order chi connectivity index (χ0) is 46.5. The fourth-order valence-electron chi connectivity index (χ4n) is 8.89. The summed E-state index contributed by atoms with van der Waals surface area (Å²) in [6.07, 6.45) is 7.07. The zero-order valence-electron chi connectivity index (χ0n) is 38.3. The molecule has 8 rings (SSSR count). The van der Waals surface area contributed by atoms with E-state index in [1.807, 2.05) is 86.0 Å². The van der Waals surface area contributed by atoms with Crippen LogP contribution in [0, 0.1) is 12.8 Å². The molecule has 0 bridgehead atoms. The molecule has 5 unspecified atom stereocenters. The highest BCUT2D eigenvalue weighted by atomic mass is 32.2. The quantitative estimate of drug-likeness (QED) is 0.141. The van der Waals surface area contributed by atoms with Crippen LogP contribution in [0.1, 0.15) is 122 Å². The lowest BCUT2D eigenvalue weighted by atomic mass is 10.0. The van der Waals surface area contributed by atoms with Crippen molar-refractivity contribution in [2.24, 2.45) is 5.92 Å². The Bertz CT molecular complexity index is 2610. The molecule has 348 valence electrons. The second kappa shape index (κ2) is 17.6. The highest BCUT2D eigenvalue weighted by Gasteiger charge is 2.63. The Morgan fingerprint density at radius 2 is 1.78 bits per heavy atom. The molecular formula is C48H61N7O9S. The smallest absolute Gasteiger partial charge is 0.408 e. The molecule has 2 saturated carbocycles. The van der Waals surface area contributed by atoms with Crippen molar-refractivity contribution in [1.82, 2.24) is 34.8 Å². The van der Waals surface area contributed by atoms with Crippen LogP contribution in [0.15, 0.2) is 65.1 Å². The number of carbonyl (C=O) groups excluding carboxylic acids is 4. The largest absolute Gasteiger partial charge is 0.459 e. The number of aromatic nitrogens is 3. The second-order valence-corrected chi connectivity index (χ2v) is 21.8. The van der Waals surface area contributed by atoms with E-state index >= 15 is 0 Å². The third-order valence-corrected chi connectivity index (χ3v) is 15.1. The van der Waals surface area contributed by atoms with Crippen LogP contribution in [0.3, 0.4) is 0 Å². The average Bonchev–Trinajstić information content (AvgIpc) is 3.98. The first-order valence-electron chi connectivity index (χ1n) is 22.8. The van der Waals surface area contributed by atoms with Gasteiger partial charge in [-0.05, 0) is 105 Å². The predicted molar refractivity (Wildman–Crippen MR) is 243 cm³/mol. The van der Waals surface area contributed by atoms with Crippen molar-refractivity contribution in [3.05, 3.63) is 77.7 Å². The minimum atomic E-state index is -4.02.